The molecule has 22 heavy (non-hydrogen) atoms. The van der Waals surface area contributed by atoms with Gasteiger partial charge in [-0.15, -0.1) is 37.0 Å². The molecule has 1 aliphatic heterocycles. The first kappa shape index (κ1) is 17.1. The highest BCUT2D eigenvalue weighted by atomic mass is 16.2. The average molecular weight is 299 g/mol. The van der Waals surface area contributed by atoms with Crippen LogP contribution in [0.25, 0.3) is 0 Å². The van der Waals surface area contributed by atoms with E-state index in [0.29, 0.717) is 6.42 Å². The smallest absolute Gasteiger partial charge is 0.314 e. The fourth-order valence-corrected chi connectivity index (χ4v) is 1.96. The number of carbonyl (C=O) groups excluding carboxylic acids is 3. The van der Waals surface area contributed by atoms with Gasteiger partial charge >= 0.3 is 12.1 Å². The van der Waals surface area contributed by atoms with Gasteiger partial charge in [0.1, 0.15) is 6.54 Å². The number of rotatable bonds is 6. The van der Waals surface area contributed by atoms with Gasteiger partial charge in [-0.25, -0.2) is 14.5 Å². The number of hydrogen-bond acceptors (Lipinski definition) is 3. The minimum atomic E-state index is -0.691. The summed E-state index contributed by atoms with van der Waals surface area (Å²) in [6.45, 7) is 0.102. The van der Waals surface area contributed by atoms with Crippen LogP contribution in [0.5, 0.6) is 0 Å². The molecule has 0 aliphatic carbocycles. The lowest BCUT2D eigenvalue weighted by atomic mass is 10.3. The first-order chi connectivity index (χ1) is 10.6. The maximum absolute atomic E-state index is 12.4. The number of carbonyl (C=O) groups is 3. The predicted octanol–water partition coefficient (Wildman–Crippen LogP) is 0.743. The summed E-state index contributed by atoms with van der Waals surface area (Å²) in [7, 11) is 0. The molecule has 1 fully saturated rings. The van der Waals surface area contributed by atoms with Crippen molar-refractivity contribution in [2.75, 3.05) is 26.2 Å². The molecule has 0 radical (unpaired) electrons. The molecule has 1 heterocycles. The van der Waals surface area contributed by atoms with Crippen LogP contribution in [0.15, 0.2) is 0 Å². The lowest BCUT2D eigenvalue weighted by molar-refractivity contribution is -0.128. The second-order valence-corrected chi connectivity index (χ2v) is 4.55. The number of amides is 5. The van der Waals surface area contributed by atoms with Crippen LogP contribution in [0.3, 0.4) is 0 Å². The Hall–Kier alpha value is -2.91. The van der Waals surface area contributed by atoms with E-state index in [1.807, 2.05) is 0 Å². The third-order valence-electron chi connectivity index (χ3n) is 3.08. The van der Waals surface area contributed by atoms with E-state index in [1.54, 1.807) is 0 Å². The van der Waals surface area contributed by atoms with E-state index in [9.17, 15) is 14.4 Å². The largest absolute Gasteiger partial charge is 0.334 e. The molecule has 114 valence electrons. The molecule has 6 nitrogen and oxygen atoms in total. The summed E-state index contributed by atoms with van der Waals surface area (Å²) in [5.41, 5.74) is 0. The van der Waals surface area contributed by atoms with Gasteiger partial charge in [-0.3, -0.25) is 9.69 Å². The second kappa shape index (κ2) is 8.39. The Bertz CT molecular complexity index is 577. The minimum absolute atomic E-state index is 0.0422. The van der Waals surface area contributed by atoms with E-state index in [-0.39, 0.29) is 39.0 Å². The third kappa shape index (κ3) is 4.04. The highest BCUT2D eigenvalue weighted by Gasteiger charge is 2.37. The van der Waals surface area contributed by atoms with Crippen LogP contribution in [-0.4, -0.2) is 58.8 Å². The summed E-state index contributed by atoms with van der Waals surface area (Å²) in [4.78, 5) is 40.2. The summed E-state index contributed by atoms with van der Waals surface area (Å²) < 4.78 is 0. The van der Waals surface area contributed by atoms with Crippen LogP contribution in [0.1, 0.15) is 19.3 Å². The van der Waals surface area contributed by atoms with Crippen molar-refractivity contribution in [2.45, 2.75) is 19.3 Å². The molecule has 0 aromatic carbocycles. The second-order valence-electron chi connectivity index (χ2n) is 4.55. The van der Waals surface area contributed by atoms with Gasteiger partial charge in [0.25, 0.3) is 0 Å². The van der Waals surface area contributed by atoms with Crippen LogP contribution in [0.2, 0.25) is 0 Å². The molecule has 0 atom stereocenters. The van der Waals surface area contributed by atoms with Crippen molar-refractivity contribution in [3.63, 3.8) is 0 Å². The van der Waals surface area contributed by atoms with Crippen molar-refractivity contribution in [3.05, 3.63) is 0 Å². The Morgan fingerprint density at radius 2 is 1.27 bits per heavy atom. The van der Waals surface area contributed by atoms with E-state index in [2.05, 4.69) is 17.8 Å². The molecular formula is C16H17N3O3. The Labute approximate surface area is 130 Å². The Balaban J connectivity index is 3.04. The predicted molar refractivity (Wildman–Crippen MR) is 81.1 cm³/mol. The zero-order chi connectivity index (χ0) is 16.5. The molecule has 0 unspecified atom stereocenters. The van der Waals surface area contributed by atoms with Crippen LogP contribution < -0.4 is 0 Å². The van der Waals surface area contributed by atoms with Gasteiger partial charge in [0.2, 0.25) is 5.91 Å². The molecule has 0 aromatic rings. The Kier molecular flexibility index (Phi) is 6.54. The highest BCUT2D eigenvalue weighted by molar-refractivity contribution is 6.05. The lowest BCUT2D eigenvalue weighted by Gasteiger charge is -2.25. The molecule has 1 rings (SSSR count). The number of imide groups is 2. The monoisotopic (exact) mass is 299 g/mol. The molecule has 6 heteroatoms. The molecule has 1 saturated heterocycles. The number of terminal acetylenes is 3. The van der Waals surface area contributed by atoms with Gasteiger partial charge in [-0.1, -0.05) is 0 Å². The standard InChI is InChI=1S/C16H17N3O3/c1-4-7-10-17-13-14(20)18(11-8-5-2)16(22)19(15(17)21)12-9-6-3/h1-3H,7-13H2. The van der Waals surface area contributed by atoms with Gasteiger partial charge < -0.3 is 4.90 Å². The van der Waals surface area contributed by atoms with Crippen molar-refractivity contribution in [2.24, 2.45) is 0 Å². The molecular weight excluding hydrogens is 282 g/mol. The van der Waals surface area contributed by atoms with Crippen molar-refractivity contribution >= 4 is 18.0 Å². The highest BCUT2D eigenvalue weighted by Crippen LogP contribution is 2.13. The Morgan fingerprint density at radius 3 is 1.82 bits per heavy atom. The quantitative estimate of drug-likeness (QED) is 0.680. The third-order valence-corrected chi connectivity index (χ3v) is 3.08. The molecule has 0 N–H and O–H groups in total. The average Bonchev–Trinajstić information content (AvgIpc) is 2.58. The maximum Gasteiger partial charge on any atom is 0.334 e. The fourth-order valence-electron chi connectivity index (χ4n) is 1.96. The summed E-state index contributed by atoms with van der Waals surface area (Å²) in [6.07, 6.45) is 16.3. The zero-order valence-electron chi connectivity index (χ0n) is 12.2. The summed E-state index contributed by atoms with van der Waals surface area (Å²) in [5.74, 6) is 6.67. The van der Waals surface area contributed by atoms with E-state index < -0.39 is 18.0 Å². The zero-order valence-corrected chi connectivity index (χ0v) is 12.2. The SMILES string of the molecule is C#CCCN1CC(=O)N(CCC#C)C(=O)N(CCC#C)C1=O. The van der Waals surface area contributed by atoms with Crippen LogP contribution in [-0.2, 0) is 4.79 Å². The van der Waals surface area contributed by atoms with Crippen molar-refractivity contribution in [1.29, 1.82) is 0 Å². The fraction of sp³-hybridized carbons (Fsp3) is 0.438. The number of hydrogen-bond donors (Lipinski definition) is 0. The van der Waals surface area contributed by atoms with Gasteiger partial charge in [-0.05, 0) is 0 Å². The molecule has 0 aromatic heterocycles. The van der Waals surface area contributed by atoms with Gasteiger partial charge in [0, 0.05) is 38.9 Å². The van der Waals surface area contributed by atoms with Crippen LogP contribution in [0, 0.1) is 37.0 Å². The van der Waals surface area contributed by atoms with Crippen LogP contribution in [0.4, 0.5) is 9.59 Å². The molecule has 0 spiro atoms. The van der Waals surface area contributed by atoms with Crippen molar-refractivity contribution in [1.82, 2.24) is 14.7 Å². The van der Waals surface area contributed by atoms with E-state index in [0.717, 1.165) is 9.80 Å². The molecule has 5 amide bonds. The normalized spacial score (nSPS) is 15.1. The molecule has 1 aliphatic rings. The topological polar surface area (TPSA) is 60.9 Å². The number of nitrogens with zero attached hydrogens (tertiary/aromatic N) is 3. The number of urea groups is 2. The van der Waals surface area contributed by atoms with Crippen molar-refractivity contribution in [3.8, 4) is 37.0 Å². The molecule has 0 saturated carbocycles. The summed E-state index contributed by atoms with van der Waals surface area (Å²) in [6, 6.07) is -1.25. The molecule has 0 bridgehead atoms. The van der Waals surface area contributed by atoms with E-state index in [4.69, 9.17) is 19.3 Å². The van der Waals surface area contributed by atoms with Gasteiger partial charge in [-0.2, -0.15) is 0 Å². The Morgan fingerprint density at radius 1 is 0.773 bits per heavy atom. The van der Waals surface area contributed by atoms with E-state index in [1.165, 1.54) is 4.90 Å². The van der Waals surface area contributed by atoms with Gasteiger partial charge in [0.05, 0.1) is 0 Å². The van der Waals surface area contributed by atoms with E-state index >= 15 is 0 Å². The lowest BCUT2D eigenvalue weighted by Crippen LogP contribution is -2.47. The minimum Gasteiger partial charge on any atom is -0.314 e. The van der Waals surface area contributed by atoms with Crippen molar-refractivity contribution < 1.29 is 14.4 Å². The maximum atomic E-state index is 12.4. The summed E-state index contributed by atoms with van der Waals surface area (Å²) >= 11 is 0. The first-order valence-corrected chi connectivity index (χ1v) is 6.78. The summed E-state index contributed by atoms with van der Waals surface area (Å²) in [5, 5.41) is 0. The van der Waals surface area contributed by atoms with Gasteiger partial charge in [0.15, 0.2) is 0 Å². The van der Waals surface area contributed by atoms with Crippen LogP contribution >= 0.6 is 0 Å². The first-order valence-electron chi connectivity index (χ1n) is 6.78.